The molecule has 0 saturated heterocycles. The van der Waals surface area contributed by atoms with Gasteiger partial charge in [0.05, 0.1) is 11.9 Å². The van der Waals surface area contributed by atoms with Gasteiger partial charge in [0.2, 0.25) is 0 Å². The molecule has 1 aromatic rings. The molecular weight excluding hydrogens is 170 g/mol. The standard InChI is InChI=1S/C8H11N3S/c1-11(2)7-5-10-4-3-6(7)8(9)12/h3-5H,1-2H3,(H2,9,12). The maximum absolute atomic E-state index is 5.53. The molecule has 0 atom stereocenters. The Hall–Kier alpha value is -1.16. The maximum Gasteiger partial charge on any atom is 0.106 e. The summed E-state index contributed by atoms with van der Waals surface area (Å²) in [4.78, 5) is 6.33. The zero-order valence-corrected chi connectivity index (χ0v) is 7.93. The third-order valence-corrected chi connectivity index (χ3v) is 1.77. The second-order valence-corrected chi connectivity index (χ2v) is 3.09. The van der Waals surface area contributed by atoms with Gasteiger partial charge < -0.3 is 10.6 Å². The van der Waals surface area contributed by atoms with Crippen LogP contribution in [-0.2, 0) is 0 Å². The Labute approximate surface area is 77.2 Å². The van der Waals surface area contributed by atoms with E-state index >= 15 is 0 Å². The Bertz CT molecular complexity index is 296. The van der Waals surface area contributed by atoms with Crippen molar-refractivity contribution in [2.24, 2.45) is 5.73 Å². The van der Waals surface area contributed by atoms with Crippen LogP contribution in [0.3, 0.4) is 0 Å². The number of aromatic nitrogens is 1. The van der Waals surface area contributed by atoms with Crippen LogP contribution in [-0.4, -0.2) is 24.1 Å². The van der Waals surface area contributed by atoms with Gasteiger partial charge in [-0.3, -0.25) is 4.98 Å². The van der Waals surface area contributed by atoms with Crippen LogP contribution >= 0.6 is 12.2 Å². The van der Waals surface area contributed by atoms with Gasteiger partial charge >= 0.3 is 0 Å². The molecule has 0 aliphatic heterocycles. The highest BCUT2D eigenvalue weighted by Gasteiger charge is 2.05. The highest BCUT2D eigenvalue weighted by atomic mass is 32.1. The van der Waals surface area contributed by atoms with Gasteiger partial charge in [-0.25, -0.2) is 0 Å². The summed E-state index contributed by atoms with van der Waals surface area (Å²) in [5.41, 5.74) is 7.34. The van der Waals surface area contributed by atoms with Gasteiger partial charge in [0.25, 0.3) is 0 Å². The van der Waals surface area contributed by atoms with E-state index in [2.05, 4.69) is 4.98 Å². The zero-order valence-electron chi connectivity index (χ0n) is 7.11. The molecule has 1 aromatic heterocycles. The van der Waals surface area contributed by atoms with Crippen molar-refractivity contribution < 1.29 is 0 Å². The van der Waals surface area contributed by atoms with Gasteiger partial charge in [0.15, 0.2) is 0 Å². The molecule has 0 saturated carbocycles. The second-order valence-electron chi connectivity index (χ2n) is 2.65. The van der Waals surface area contributed by atoms with Crippen molar-refractivity contribution >= 4 is 22.9 Å². The topological polar surface area (TPSA) is 42.2 Å². The first kappa shape index (κ1) is 8.93. The molecule has 0 unspecified atom stereocenters. The van der Waals surface area contributed by atoms with Crippen molar-refractivity contribution in [2.75, 3.05) is 19.0 Å². The summed E-state index contributed by atoms with van der Waals surface area (Å²) in [6, 6.07) is 1.82. The number of hydrogen-bond acceptors (Lipinski definition) is 3. The lowest BCUT2D eigenvalue weighted by molar-refractivity contribution is 1.11. The van der Waals surface area contributed by atoms with Crippen LogP contribution in [0.5, 0.6) is 0 Å². The lowest BCUT2D eigenvalue weighted by Gasteiger charge is -2.15. The molecule has 0 radical (unpaired) electrons. The van der Waals surface area contributed by atoms with E-state index in [1.807, 2.05) is 25.1 Å². The van der Waals surface area contributed by atoms with Crippen molar-refractivity contribution in [1.82, 2.24) is 4.98 Å². The van der Waals surface area contributed by atoms with E-state index < -0.39 is 0 Å². The third-order valence-electron chi connectivity index (χ3n) is 1.55. The molecule has 1 rings (SSSR count). The quantitative estimate of drug-likeness (QED) is 0.685. The summed E-state index contributed by atoms with van der Waals surface area (Å²) in [7, 11) is 3.86. The van der Waals surface area contributed by atoms with E-state index in [1.54, 1.807) is 12.4 Å². The van der Waals surface area contributed by atoms with Crippen molar-refractivity contribution in [2.45, 2.75) is 0 Å². The van der Waals surface area contributed by atoms with Crippen molar-refractivity contribution in [3.8, 4) is 0 Å². The van der Waals surface area contributed by atoms with Crippen molar-refractivity contribution in [1.29, 1.82) is 0 Å². The van der Waals surface area contributed by atoms with Gasteiger partial charge in [-0.1, -0.05) is 12.2 Å². The summed E-state index contributed by atoms with van der Waals surface area (Å²) in [6.45, 7) is 0. The van der Waals surface area contributed by atoms with E-state index in [4.69, 9.17) is 18.0 Å². The Balaban J connectivity index is 3.17. The number of nitrogens with zero attached hydrogens (tertiary/aromatic N) is 2. The summed E-state index contributed by atoms with van der Waals surface area (Å²) in [6.07, 6.45) is 3.43. The van der Waals surface area contributed by atoms with Crippen LogP contribution in [0, 0.1) is 0 Å². The van der Waals surface area contributed by atoms with Crippen molar-refractivity contribution in [3.63, 3.8) is 0 Å². The largest absolute Gasteiger partial charge is 0.389 e. The molecule has 0 aliphatic rings. The lowest BCUT2D eigenvalue weighted by Crippen LogP contribution is -2.17. The molecule has 0 bridgehead atoms. The van der Waals surface area contributed by atoms with Crippen molar-refractivity contribution in [3.05, 3.63) is 24.0 Å². The van der Waals surface area contributed by atoms with Gasteiger partial charge in [-0.2, -0.15) is 0 Å². The van der Waals surface area contributed by atoms with Gasteiger partial charge in [0, 0.05) is 25.9 Å². The normalized spacial score (nSPS) is 9.50. The predicted octanol–water partition coefficient (Wildman–Crippen LogP) is 0.782. The smallest absolute Gasteiger partial charge is 0.106 e. The molecular formula is C8H11N3S. The summed E-state index contributed by atoms with van der Waals surface area (Å²) in [5.74, 6) is 0. The molecule has 0 spiro atoms. The molecule has 2 N–H and O–H groups in total. The number of nitrogens with two attached hydrogens (primary N) is 1. The number of thiocarbonyl (C=S) groups is 1. The first-order chi connectivity index (χ1) is 5.63. The lowest BCUT2D eigenvalue weighted by atomic mass is 10.2. The van der Waals surface area contributed by atoms with E-state index in [0.29, 0.717) is 4.99 Å². The Morgan fingerprint density at radius 1 is 1.58 bits per heavy atom. The second kappa shape index (κ2) is 3.49. The average molecular weight is 181 g/mol. The highest BCUT2D eigenvalue weighted by molar-refractivity contribution is 7.80. The Kier molecular flexibility index (Phi) is 2.60. The van der Waals surface area contributed by atoms with E-state index in [0.717, 1.165) is 11.3 Å². The average Bonchev–Trinajstić information content (AvgIpc) is 2.04. The van der Waals surface area contributed by atoms with Crippen LogP contribution in [0.15, 0.2) is 18.5 Å². The number of anilines is 1. The number of hydrogen-bond donors (Lipinski definition) is 1. The predicted molar refractivity (Wildman–Crippen MR) is 54.5 cm³/mol. The van der Waals surface area contributed by atoms with Crippen LogP contribution in [0.4, 0.5) is 5.69 Å². The van der Waals surface area contributed by atoms with E-state index in [1.165, 1.54) is 0 Å². The number of rotatable bonds is 2. The van der Waals surface area contributed by atoms with Gasteiger partial charge in [-0.05, 0) is 6.07 Å². The SMILES string of the molecule is CN(C)c1cnccc1C(N)=S. The summed E-state index contributed by atoms with van der Waals surface area (Å²) >= 11 is 4.89. The van der Waals surface area contributed by atoms with Crippen LogP contribution in [0.1, 0.15) is 5.56 Å². The van der Waals surface area contributed by atoms with Crippen LogP contribution < -0.4 is 10.6 Å². The summed E-state index contributed by atoms with van der Waals surface area (Å²) in [5, 5.41) is 0. The minimum absolute atomic E-state index is 0.404. The third kappa shape index (κ3) is 1.71. The fourth-order valence-corrected chi connectivity index (χ4v) is 1.12. The van der Waals surface area contributed by atoms with E-state index in [-0.39, 0.29) is 0 Å². The van der Waals surface area contributed by atoms with Gasteiger partial charge in [-0.15, -0.1) is 0 Å². The number of pyridine rings is 1. The molecule has 12 heavy (non-hydrogen) atoms. The first-order valence-electron chi connectivity index (χ1n) is 3.54. The molecule has 0 aliphatic carbocycles. The molecule has 64 valence electrons. The fraction of sp³-hybridized carbons (Fsp3) is 0.250. The Morgan fingerprint density at radius 2 is 2.25 bits per heavy atom. The minimum atomic E-state index is 0.404. The molecule has 3 nitrogen and oxygen atoms in total. The fourth-order valence-electron chi connectivity index (χ4n) is 0.951. The molecule has 0 fully saturated rings. The van der Waals surface area contributed by atoms with E-state index in [9.17, 15) is 0 Å². The monoisotopic (exact) mass is 181 g/mol. The molecule has 0 aromatic carbocycles. The summed E-state index contributed by atoms with van der Waals surface area (Å²) < 4.78 is 0. The highest BCUT2D eigenvalue weighted by Crippen LogP contribution is 2.15. The first-order valence-corrected chi connectivity index (χ1v) is 3.95. The van der Waals surface area contributed by atoms with Gasteiger partial charge in [0.1, 0.15) is 4.99 Å². The minimum Gasteiger partial charge on any atom is -0.389 e. The molecule has 0 amide bonds. The molecule has 4 heteroatoms. The van der Waals surface area contributed by atoms with Crippen LogP contribution in [0.2, 0.25) is 0 Å². The van der Waals surface area contributed by atoms with Crippen LogP contribution in [0.25, 0.3) is 0 Å². The zero-order chi connectivity index (χ0) is 9.14. The maximum atomic E-state index is 5.53. The Morgan fingerprint density at radius 3 is 2.67 bits per heavy atom. The molecule has 1 heterocycles.